The summed E-state index contributed by atoms with van der Waals surface area (Å²) >= 11 is 0. The van der Waals surface area contributed by atoms with E-state index >= 15 is 0 Å². The van der Waals surface area contributed by atoms with Crippen molar-refractivity contribution in [3.8, 4) is 5.75 Å². The molecule has 2 atom stereocenters. The first-order valence-electron chi connectivity index (χ1n) is 11.1. The van der Waals surface area contributed by atoms with Gasteiger partial charge in [0.05, 0.1) is 10.9 Å². The number of hydrogen-bond donors (Lipinski definition) is 4. The molecular weight excluding hydrogens is 428 g/mol. The molecule has 32 heavy (non-hydrogen) atoms. The number of phenolic OH excluding ortho intramolecular Hbond substituents is 1. The number of amides is 1. The zero-order valence-electron chi connectivity index (χ0n) is 18.2. The Morgan fingerprint density at radius 3 is 2.41 bits per heavy atom. The number of benzene rings is 2. The van der Waals surface area contributed by atoms with Gasteiger partial charge in [0.25, 0.3) is 0 Å². The van der Waals surface area contributed by atoms with Crippen LogP contribution in [0.2, 0.25) is 0 Å². The molecule has 2 aliphatic heterocycles. The maximum atomic E-state index is 12.9. The zero-order valence-corrected chi connectivity index (χ0v) is 19.0. The van der Waals surface area contributed by atoms with Crippen LogP contribution in [0.25, 0.3) is 0 Å². The van der Waals surface area contributed by atoms with Gasteiger partial charge in [-0.05, 0) is 56.5 Å². The molecule has 0 aromatic heterocycles. The minimum atomic E-state index is -3.52. The quantitative estimate of drug-likeness (QED) is 0.548. The lowest BCUT2D eigenvalue weighted by Crippen LogP contribution is -2.39. The first kappa shape index (κ1) is 22.7. The topological polar surface area (TPSA) is 111 Å². The van der Waals surface area contributed by atoms with Crippen molar-refractivity contribution in [1.29, 1.82) is 0 Å². The van der Waals surface area contributed by atoms with Crippen LogP contribution >= 0.6 is 0 Å². The predicted octanol–water partition coefficient (Wildman–Crippen LogP) is 2.81. The van der Waals surface area contributed by atoms with Crippen molar-refractivity contribution >= 4 is 21.6 Å². The minimum absolute atomic E-state index is 0.188. The van der Waals surface area contributed by atoms with Crippen LogP contribution in [0.4, 0.5) is 5.69 Å². The molecule has 2 saturated heterocycles. The molecule has 2 fully saturated rings. The molecule has 0 aliphatic carbocycles. The highest BCUT2D eigenvalue weighted by molar-refractivity contribution is 7.89. The summed E-state index contributed by atoms with van der Waals surface area (Å²) in [7, 11) is -3.52. The van der Waals surface area contributed by atoms with Crippen LogP contribution in [0.3, 0.4) is 0 Å². The fourth-order valence-corrected chi connectivity index (χ4v) is 5.77. The summed E-state index contributed by atoms with van der Waals surface area (Å²) in [5.41, 5.74) is 8.37. The van der Waals surface area contributed by atoms with E-state index in [0.29, 0.717) is 25.2 Å². The molecule has 1 amide bonds. The van der Waals surface area contributed by atoms with Crippen molar-refractivity contribution in [2.45, 2.75) is 56.0 Å². The van der Waals surface area contributed by atoms with Crippen molar-refractivity contribution in [3.05, 3.63) is 53.6 Å². The third kappa shape index (κ3) is 4.96. The molecule has 4 N–H and O–H groups in total. The van der Waals surface area contributed by atoms with Gasteiger partial charge in [-0.1, -0.05) is 30.5 Å². The predicted molar refractivity (Wildman–Crippen MR) is 123 cm³/mol. The van der Waals surface area contributed by atoms with Crippen LogP contribution in [0.1, 0.15) is 49.3 Å². The first-order chi connectivity index (χ1) is 15.3. The molecular formula is C23H30N4O4S. The number of aryl methyl sites for hydroxylation is 1. The number of aromatic hydroxyl groups is 1. The standard InChI is InChI=1S/C23H30N4O4S/c1-16-6-11-22(28)19(14-16)20-15-21(26-25-20)23(29)24-17-7-9-18(10-8-17)32(30,31)27-12-4-2-3-5-13-27/h6-11,14,20-21,25-26,28H,2-5,12-13,15H2,1H3,(H,24,29). The summed E-state index contributed by atoms with van der Waals surface area (Å²) in [6.07, 6.45) is 4.37. The Bertz CT molecular complexity index is 1060. The van der Waals surface area contributed by atoms with Crippen molar-refractivity contribution in [2.75, 3.05) is 18.4 Å². The first-order valence-corrected chi connectivity index (χ1v) is 12.5. The Kier molecular flexibility index (Phi) is 6.80. The minimum Gasteiger partial charge on any atom is -0.508 e. The number of anilines is 1. The average molecular weight is 459 g/mol. The maximum absolute atomic E-state index is 12.9. The Morgan fingerprint density at radius 2 is 1.72 bits per heavy atom. The summed E-state index contributed by atoms with van der Waals surface area (Å²) in [4.78, 5) is 13.0. The third-order valence-corrected chi connectivity index (χ3v) is 8.02. The van der Waals surface area contributed by atoms with Crippen molar-refractivity contribution < 1.29 is 18.3 Å². The number of nitrogens with one attached hydrogen (secondary N) is 3. The van der Waals surface area contributed by atoms with Crippen molar-refractivity contribution in [2.24, 2.45) is 0 Å². The van der Waals surface area contributed by atoms with Crippen LogP contribution < -0.4 is 16.2 Å². The van der Waals surface area contributed by atoms with Crippen molar-refractivity contribution in [1.82, 2.24) is 15.2 Å². The molecule has 0 bridgehead atoms. The van der Waals surface area contributed by atoms with Crippen LogP contribution in [-0.4, -0.2) is 42.9 Å². The Labute approximate surface area is 189 Å². The monoisotopic (exact) mass is 458 g/mol. The second kappa shape index (κ2) is 9.58. The largest absolute Gasteiger partial charge is 0.508 e. The van der Waals surface area contributed by atoms with E-state index in [1.54, 1.807) is 34.6 Å². The van der Waals surface area contributed by atoms with E-state index in [1.165, 1.54) is 0 Å². The number of carbonyl (C=O) groups excluding carboxylic acids is 1. The zero-order chi connectivity index (χ0) is 22.7. The summed E-state index contributed by atoms with van der Waals surface area (Å²) < 4.78 is 27.4. The number of carbonyl (C=O) groups is 1. The molecule has 0 spiro atoms. The van der Waals surface area contributed by atoms with Gasteiger partial charge in [-0.2, -0.15) is 4.31 Å². The number of nitrogens with zero attached hydrogens (tertiary/aromatic N) is 1. The van der Waals surface area contributed by atoms with Gasteiger partial charge in [-0.3, -0.25) is 4.79 Å². The molecule has 2 unspecified atom stereocenters. The van der Waals surface area contributed by atoms with Crippen LogP contribution in [-0.2, 0) is 14.8 Å². The molecule has 172 valence electrons. The van der Waals surface area contributed by atoms with Gasteiger partial charge in [0, 0.05) is 24.3 Å². The van der Waals surface area contributed by atoms with Crippen LogP contribution in [0.5, 0.6) is 5.75 Å². The van der Waals surface area contributed by atoms with Gasteiger partial charge in [0.1, 0.15) is 11.8 Å². The van der Waals surface area contributed by atoms with E-state index < -0.39 is 16.1 Å². The second-order valence-corrected chi connectivity index (χ2v) is 10.5. The third-order valence-electron chi connectivity index (χ3n) is 6.10. The van der Waals surface area contributed by atoms with Gasteiger partial charge in [0.2, 0.25) is 15.9 Å². The highest BCUT2D eigenvalue weighted by Crippen LogP contribution is 2.30. The van der Waals surface area contributed by atoms with E-state index in [2.05, 4.69) is 16.2 Å². The molecule has 0 saturated carbocycles. The lowest BCUT2D eigenvalue weighted by Gasteiger charge is -2.20. The summed E-state index contributed by atoms with van der Waals surface area (Å²) in [5, 5.41) is 13.0. The summed E-state index contributed by atoms with van der Waals surface area (Å²) in [6, 6.07) is 11.0. The van der Waals surface area contributed by atoms with Crippen molar-refractivity contribution in [3.63, 3.8) is 0 Å². The summed E-state index contributed by atoms with van der Waals surface area (Å²) in [6.45, 7) is 3.06. The fraction of sp³-hybridized carbons (Fsp3) is 0.435. The van der Waals surface area contributed by atoms with Gasteiger partial charge in [-0.15, -0.1) is 0 Å². The van der Waals surface area contributed by atoms with E-state index in [0.717, 1.165) is 36.8 Å². The van der Waals surface area contributed by atoms with E-state index in [9.17, 15) is 18.3 Å². The van der Waals surface area contributed by atoms with Gasteiger partial charge in [-0.25, -0.2) is 19.3 Å². The fourth-order valence-electron chi connectivity index (χ4n) is 4.26. The van der Waals surface area contributed by atoms with Crippen LogP contribution in [0, 0.1) is 6.92 Å². The van der Waals surface area contributed by atoms with E-state index in [-0.39, 0.29) is 22.6 Å². The molecule has 2 aromatic carbocycles. The highest BCUT2D eigenvalue weighted by atomic mass is 32.2. The maximum Gasteiger partial charge on any atom is 0.243 e. The highest BCUT2D eigenvalue weighted by Gasteiger charge is 2.32. The van der Waals surface area contributed by atoms with E-state index in [1.807, 2.05) is 19.1 Å². The Morgan fingerprint density at radius 1 is 1.03 bits per heavy atom. The van der Waals surface area contributed by atoms with Gasteiger partial charge >= 0.3 is 0 Å². The van der Waals surface area contributed by atoms with Gasteiger partial charge in [0.15, 0.2) is 0 Å². The number of rotatable bonds is 5. The van der Waals surface area contributed by atoms with Gasteiger partial charge < -0.3 is 10.4 Å². The second-order valence-electron chi connectivity index (χ2n) is 8.52. The molecule has 9 heteroatoms. The van der Waals surface area contributed by atoms with E-state index in [4.69, 9.17) is 0 Å². The normalized spacial score (nSPS) is 22.4. The molecule has 2 heterocycles. The summed E-state index contributed by atoms with van der Waals surface area (Å²) in [5.74, 6) is -0.0348. The SMILES string of the molecule is Cc1ccc(O)c(C2CC(C(=O)Nc3ccc(S(=O)(=O)N4CCCCCC4)cc3)NN2)c1. The number of phenols is 1. The number of hydrazine groups is 1. The van der Waals surface area contributed by atoms with Crippen LogP contribution in [0.15, 0.2) is 47.4 Å². The molecule has 8 nitrogen and oxygen atoms in total. The Hall–Kier alpha value is -2.46. The number of sulfonamides is 1. The molecule has 0 radical (unpaired) electrons. The lowest BCUT2D eigenvalue weighted by atomic mass is 9.99. The average Bonchev–Trinajstić information content (AvgIpc) is 3.10. The lowest BCUT2D eigenvalue weighted by molar-refractivity contribution is -0.117. The molecule has 2 aliphatic rings. The molecule has 2 aromatic rings. The molecule has 4 rings (SSSR count). The smallest absolute Gasteiger partial charge is 0.243 e. The number of hydrogen-bond acceptors (Lipinski definition) is 6. The Balaban J connectivity index is 1.38.